The molecule has 1 aromatic rings. The monoisotopic (exact) mass is 319 g/mol. The van der Waals surface area contributed by atoms with Gasteiger partial charge in [0.25, 0.3) is 5.91 Å². The fourth-order valence-electron chi connectivity index (χ4n) is 3.79. The number of pyridine rings is 1. The van der Waals surface area contributed by atoms with Gasteiger partial charge in [0.15, 0.2) is 0 Å². The second-order valence-electron chi connectivity index (χ2n) is 6.15. The molecule has 1 aromatic heterocycles. The number of amides is 2. The Labute approximate surface area is 133 Å². The van der Waals surface area contributed by atoms with Gasteiger partial charge in [-0.05, 0) is 31.7 Å². The molecule has 2 saturated heterocycles. The first-order chi connectivity index (χ1) is 11.1. The number of aliphatic hydroxyl groups excluding tert-OH is 1. The van der Waals surface area contributed by atoms with E-state index in [2.05, 4.69) is 4.98 Å². The molecular formula is C16H21N3O4. The summed E-state index contributed by atoms with van der Waals surface area (Å²) in [5, 5.41) is 9.14. The molecule has 0 radical (unpaired) electrons. The molecule has 7 nitrogen and oxygen atoms in total. The standard InChI is InChI=1S/C16H21N3O4/c20-10-9-18-7-1-4-16(15(18)23)5-2-8-19(16)14(22)12-3-6-17-13(21)11-12/h3,6,11,20H,1-2,4-5,7-10H2,(H,17,21). The highest BCUT2D eigenvalue weighted by Gasteiger charge is 2.52. The number of hydrogen-bond acceptors (Lipinski definition) is 4. The lowest BCUT2D eigenvalue weighted by Crippen LogP contribution is -2.61. The zero-order valence-corrected chi connectivity index (χ0v) is 13.0. The van der Waals surface area contributed by atoms with Gasteiger partial charge in [-0.1, -0.05) is 0 Å². The van der Waals surface area contributed by atoms with Crippen molar-refractivity contribution in [2.45, 2.75) is 31.2 Å². The minimum atomic E-state index is -0.812. The summed E-state index contributed by atoms with van der Waals surface area (Å²) in [5.41, 5.74) is -0.837. The van der Waals surface area contributed by atoms with Crippen molar-refractivity contribution in [3.8, 4) is 0 Å². The maximum Gasteiger partial charge on any atom is 0.255 e. The number of likely N-dealkylation sites (tertiary alicyclic amines) is 2. The third kappa shape index (κ3) is 2.65. The molecule has 0 aliphatic carbocycles. The number of aromatic nitrogens is 1. The Hall–Kier alpha value is -2.15. The van der Waals surface area contributed by atoms with Crippen LogP contribution in [0.5, 0.6) is 0 Å². The van der Waals surface area contributed by atoms with Crippen molar-refractivity contribution in [1.82, 2.24) is 14.8 Å². The predicted octanol–water partition coefficient (Wildman–Crippen LogP) is -0.0356. The number of nitrogens with zero attached hydrogens (tertiary/aromatic N) is 2. The van der Waals surface area contributed by atoms with Crippen LogP contribution in [0.3, 0.4) is 0 Å². The van der Waals surface area contributed by atoms with E-state index in [1.807, 2.05) is 0 Å². The van der Waals surface area contributed by atoms with E-state index >= 15 is 0 Å². The molecule has 2 amide bonds. The number of piperidine rings is 1. The first-order valence-electron chi connectivity index (χ1n) is 7.99. The summed E-state index contributed by atoms with van der Waals surface area (Å²) in [6.45, 7) is 1.36. The van der Waals surface area contributed by atoms with E-state index in [0.717, 1.165) is 12.8 Å². The zero-order chi connectivity index (χ0) is 16.4. The number of carbonyl (C=O) groups is 2. The maximum atomic E-state index is 12.9. The summed E-state index contributed by atoms with van der Waals surface area (Å²) in [7, 11) is 0. The minimum absolute atomic E-state index is 0.0755. The maximum absolute atomic E-state index is 12.9. The van der Waals surface area contributed by atoms with Crippen molar-refractivity contribution in [3.05, 3.63) is 34.2 Å². The molecule has 7 heteroatoms. The molecule has 23 heavy (non-hydrogen) atoms. The lowest BCUT2D eigenvalue weighted by atomic mass is 9.85. The summed E-state index contributed by atoms with van der Waals surface area (Å²) >= 11 is 0. The van der Waals surface area contributed by atoms with Gasteiger partial charge >= 0.3 is 0 Å². The van der Waals surface area contributed by atoms with E-state index in [0.29, 0.717) is 38.0 Å². The molecule has 2 fully saturated rings. The number of rotatable bonds is 3. The van der Waals surface area contributed by atoms with Gasteiger partial charge in [-0.2, -0.15) is 0 Å². The van der Waals surface area contributed by atoms with E-state index in [-0.39, 0.29) is 24.0 Å². The Balaban J connectivity index is 1.91. The number of H-pyrrole nitrogens is 1. The molecular weight excluding hydrogens is 298 g/mol. The molecule has 1 spiro atoms. The minimum Gasteiger partial charge on any atom is -0.395 e. The predicted molar refractivity (Wildman–Crippen MR) is 83.0 cm³/mol. The summed E-state index contributed by atoms with van der Waals surface area (Å²) in [6.07, 6.45) is 4.31. The molecule has 3 heterocycles. The fourth-order valence-corrected chi connectivity index (χ4v) is 3.79. The molecule has 124 valence electrons. The highest BCUT2D eigenvalue weighted by molar-refractivity contribution is 5.99. The Morgan fingerprint density at radius 2 is 2.00 bits per heavy atom. The van der Waals surface area contributed by atoms with Crippen LogP contribution in [0.2, 0.25) is 0 Å². The largest absolute Gasteiger partial charge is 0.395 e. The zero-order valence-electron chi connectivity index (χ0n) is 13.0. The smallest absolute Gasteiger partial charge is 0.255 e. The molecule has 2 aliphatic heterocycles. The molecule has 0 saturated carbocycles. The number of hydrogen-bond donors (Lipinski definition) is 2. The Morgan fingerprint density at radius 1 is 1.26 bits per heavy atom. The van der Waals surface area contributed by atoms with Gasteiger partial charge in [0, 0.05) is 37.5 Å². The molecule has 2 N–H and O–H groups in total. The Morgan fingerprint density at radius 3 is 2.70 bits per heavy atom. The number of aromatic amines is 1. The number of nitrogens with one attached hydrogen (secondary N) is 1. The van der Waals surface area contributed by atoms with Crippen LogP contribution in [0, 0.1) is 0 Å². The Kier molecular flexibility index (Phi) is 4.21. The number of carbonyl (C=O) groups excluding carboxylic acids is 2. The molecule has 0 aromatic carbocycles. The van der Waals surface area contributed by atoms with Crippen molar-refractivity contribution in [2.75, 3.05) is 26.2 Å². The van der Waals surface area contributed by atoms with Gasteiger partial charge in [-0.25, -0.2) is 0 Å². The molecule has 1 atom stereocenters. The quantitative estimate of drug-likeness (QED) is 0.818. The topological polar surface area (TPSA) is 93.7 Å². The highest BCUT2D eigenvalue weighted by Crippen LogP contribution is 2.38. The molecule has 1 unspecified atom stereocenters. The molecule has 2 aliphatic rings. The lowest BCUT2D eigenvalue weighted by Gasteiger charge is -2.44. The van der Waals surface area contributed by atoms with Gasteiger partial charge < -0.3 is 19.9 Å². The lowest BCUT2D eigenvalue weighted by molar-refractivity contribution is -0.146. The van der Waals surface area contributed by atoms with Crippen LogP contribution in [0.4, 0.5) is 0 Å². The first kappa shape index (κ1) is 15.7. The third-order valence-electron chi connectivity index (χ3n) is 4.83. The average molecular weight is 319 g/mol. The van der Waals surface area contributed by atoms with Crippen LogP contribution in [-0.4, -0.2) is 63.5 Å². The van der Waals surface area contributed by atoms with Crippen molar-refractivity contribution in [3.63, 3.8) is 0 Å². The van der Waals surface area contributed by atoms with Crippen molar-refractivity contribution < 1.29 is 14.7 Å². The SMILES string of the molecule is O=C(c1cc[nH]c(=O)c1)N1CCCC12CCCN(CCO)C2=O. The number of β-amino-alcohol motifs (C(OH)–C–C–N with tert-alkyl or cyclic N) is 1. The first-order valence-corrected chi connectivity index (χ1v) is 7.99. The van der Waals surface area contributed by atoms with Gasteiger partial charge in [0.1, 0.15) is 5.54 Å². The second kappa shape index (κ2) is 6.16. The van der Waals surface area contributed by atoms with Crippen LogP contribution in [0.15, 0.2) is 23.1 Å². The van der Waals surface area contributed by atoms with Crippen LogP contribution in [-0.2, 0) is 4.79 Å². The van der Waals surface area contributed by atoms with Crippen molar-refractivity contribution in [2.24, 2.45) is 0 Å². The average Bonchev–Trinajstić information content (AvgIpc) is 2.96. The van der Waals surface area contributed by atoms with E-state index in [9.17, 15) is 14.4 Å². The summed E-state index contributed by atoms with van der Waals surface area (Å²) in [6, 6.07) is 2.84. The number of aliphatic hydroxyl groups is 1. The van der Waals surface area contributed by atoms with Gasteiger partial charge in [-0.3, -0.25) is 14.4 Å². The van der Waals surface area contributed by atoms with E-state index in [1.54, 1.807) is 15.9 Å². The summed E-state index contributed by atoms with van der Waals surface area (Å²) < 4.78 is 0. The third-order valence-corrected chi connectivity index (χ3v) is 4.83. The van der Waals surface area contributed by atoms with Gasteiger partial charge in [0.05, 0.1) is 6.61 Å². The molecule has 3 rings (SSSR count). The summed E-state index contributed by atoms with van der Waals surface area (Å²) in [5.74, 6) is -0.346. The van der Waals surface area contributed by atoms with E-state index in [1.165, 1.54) is 12.3 Å². The summed E-state index contributed by atoms with van der Waals surface area (Å²) in [4.78, 5) is 43.0. The second-order valence-corrected chi connectivity index (χ2v) is 6.15. The van der Waals surface area contributed by atoms with Crippen molar-refractivity contribution >= 4 is 11.8 Å². The molecule has 0 bridgehead atoms. The van der Waals surface area contributed by atoms with Gasteiger partial charge in [0.2, 0.25) is 11.5 Å². The van der Waals surface area contributed by atoms with Crippen molar-refractivity contribution in [1.29, 1.82) is 0 Å². The van der Waals surface area contributed by atoms with E-state index in [4.69, 9.17) is 5.11 Å². The Bertz CT molecular complexity index is 669. The normalized spacial score (nSPS) is 24.5. The van der Waals surface area contributed by atoms with Crippen LogP contribution in [0.25, 0.3) is 0 Å². The van der Waals surface area contributed by atoms with Crippen LogP contribution >= 0.6 is 0 Å². The highest BCUT2D eigenvalue weighted by atomic mass is 16.3. The van der Waals surface area contributed by atoms with E-state index < -0.39 is 5.54 Å². The van der Waals surface area contributed by atoms with Gasteiger partial charge in [-0.15, -0.1) is 0 Å². The van der Waals surface area contributed by atoms with Crippen LogP contribution < -0.4 is 5.56 Å². The van der Waals surface area contributed by atoms with Crippen LogP contribution in [0.1, 0.15) is 36.0 Å². The fraction of sp³-hybridized carbons (Fsp3) is 0.562.